The van der Waals surface area contributed by atoms with Crippen LogP contribution in [-0.4, -0.2) is 33.8 Å². The van der Waals surface area contributed by atoms with Crippen molar-refractivity contribution in [1.82, 2.24) is 15.0 Å². The third-order valence-corrected chi connectivity index (χ3v) is 4.49. The van der Waals surface area contributed by atoms with Crippen molar-refractivity contribution in [2.24, 2.45) is 0 Å². The van der Waals surface area contributed by atoms with Crippen LogP contribution in [0.25, 0.3) is 22.2 Å². The number of pyridine rings is 1. The molecule has 2 aromatic heterocycles. The Morgan fingerprint density at radius 1 is 1.07 bits per heavy atom. The number of ether oxygens (including phenoxy) is 1. The first kappa shape index (κ1) is 17.1. The van der Waals surface area contributed by atoms with Crippen LogP contribution in [-0.2, 0) is 0 Å². The van der Waals surface area contributed by atoms with Gasteiger partial charge >= 0.3 is 0 Å². The molecule has 2 aromatic carbocycles. The Morgan fingerprint density at radius 3 is 2.70 bits per heavy atom. The first-order chi connectivity index (χ1) is 13.3. The molecule has 0 fully saturated rings. The fourth-order valence-corrected chi connectivity index (χ4v) is 3.06. The second-order valence-electron chi connectivity index (χ2n) is 6.21. The number of H-pyrrole nitrogens is 1. The maximum absolute atomic E-state index is 9.82. The molecule has 0 amide bonds. The van der Waals surface area contributed by atoms with Gasteiger partial charge in [0.1, 0.15) is 5.75 Å². The van der Waals surface area contributed by atoms with Gasteiger partial charge in [-0.15, -0.1) is 0 Å². The van der Waals surface area contributed by atoms with Crippen LogP contribution in [0.2, 0.25) is 0 Å². The minimum atomic E-state index is -0.291. The number of aliphatic hydroxyl groups is 1. The average molecular weight is 360 g/mol. The SMILES string of the molecule is COc1cccc(C(CO)Nc2nc3ccc(-c4ccncc4)cc3[nH]2)c1. The van der Waals surface area contributed by atoms with Gasteiger partial charge in [0.25, 0.3) is 0 Å². The summed E-state index contributed by atoms with van der Waals surface area (Å²) in [5, 5.41) is 13.1. The highest BCUT2D eigenvalue weighted by atomic mass is 16.5. The molecule has 0 aliphatic carbocycles. The van der Waals surface area contributed by atoms with E-state index < -0.39 is 0 Å². The number of aromatic nitrogens is 3. The van der Waals surface area contributed by atoms with Crippen LogP contribution >= 0.6 is 0 Å². The molecule has 4 rings (SSSR count). The van der Waals surface area contributed by atoms with E-state index in [2.05, 4.69) is 26.3 Å². The predicted octanol–water partition coefficient (Wildman–Crippen LogP) is 3.78. The number of benzene rings is 2. The van der Waals surface area contributed by atoms with E-state index in [9.17, 15) is 5.11 Å². The quantitative estimate of drug-likeness (QED) is 0.487. The number of aromatic amines is 1. The van der Waals surface area contributed by atoms with E-state index in [0.717, 1.165) is 33.5 Å². The summed E-state index contributed by atoms with van der Waals surface area (Å²) < 4.78 is 5.27. The highest BCUT2D eigenvalue weighted by molar-refractivity contribution is 5.83. The molecule has 0 radical (unpaired) electrons. The number of hydrogen-bond donors (Lipinski definition) is 3. The average Bonchev–Trinajstić information content (AvgIpc) is 3.14. The maximum atomic E-state index is 9.82. The zero-order chi connectivity index (χ0) is 18.6. The number of rotatable bonds is 6. The van der Waals surface area contributed by atoms with Gasteiger partial charge in [-0.05, 0) is 53.1 Å². The molecular formula is C21H20N4O2. The Morgan fingerprint density at radius 2 is 1.93 bits per heavy atom. The summed E-state index contributed by atoms with van der Waals surface area (Å²) in [6.45, 7) is -0.0630. The molecule has 6 heteroatoms. The van der Waals surface area contributed by atoms with Crippen LogP contribution in [0.3, 0.4) is 0 Å². The molecule has 3 N–H and O–H groups in total. The zero-order valence-corrected chi connectivity index (χ0v) is 14.9. The van der Waals surface area contributed by atoms with Crippen LogP contribution in [0, 0.1) is 0 Å². The third-order valence-electron chi connectivity index (χ3n) is 4.49. The lowest BCUT2D eigenvalue weighted by molar-refractivity contribution is 0.275. The fraction of sp³-hybridized carbons (Fsp3) is 0.143. The number of methoxy groups -OCH3 is 1. The molecule has 136 valence electrons. The first-order valence-electron chi connectivity index (χ1n) is 8.68. The lowest BCUT2D eigenvalue weighted by Gasteiger charge is -2.16. The van der Waals surface area contributed by atoms with Crippen LogP contribution in [0.15, 0.2) is 67.0 Å². The van der Waals surface area contributed by atoms with Gasteiger partial charge in [0, 0.05) is 12.4 Å². The highest BCUT2D eigenvalue weighted by Crippen LogP contribution is 2.26. The minimum Gasteiger partial charge on any atom is -0.497 e. The largest absolute Gasteiger partial charge is 0.497 e. The Labute approximate surface area is 156 Å². The number of hydrogen-bond acceptors (Lipinski definition) is 5. The van der Waals surface area contributed by atoms with Gasteiger partial charge in [-0.1, -0.05) is 18.2 Å². The number of aliphatic hydroxyl groups excluding tert-OH is 1. The van der Waals surface area contributed by atoms with Crippen LogP contribution in [0.4, 0.5) is 5.95 Å². The van der Waals surface area contributed by atoms with Crippen molar-refractivity contribution >= 4 is 17.0 Å². The molecule has 0 aliphatic rings. The van der Waals surface area contributed by atoms with E-state index in [4.69, 9.17) is 4.74 Å². The summed E-state index contributed by atoms with van der Waals surface area (Å²) in [6, 6.07) is 17.3. The topological polar surface area (TPSA) is 83.1 Å². The van der Waals surface area contributed by atoms with Crippen molar-refractivity contribution in [3.05, 3.63) is 72.6 Å². The van der Waals surface area contributed by atoms with Gasteiger partial charge in [-0.3, -0.25) is 4.98 Å². The van der Waals surface area contributed by atoms with E-state index in [1.165, 1.54) is 0 Å². The molecule has 0 saturated carbocycles. The number of fused-ring (bicyclic) bond motifs is 1. The van der Waals surface area contributed by atoms with Crippen molar-refractivity contribution < 1.29 is 9.84 Å². The van der Waals surface area contributed by atoms with Crippen LogP contribution in [0.1, 0.15) is 11.6 Å². The van der Waals surface area contributed by atoms with Gasteiger partial charge in [-0.25, -0.2) is 4.98 Å². The van der Waals surface area contributed by atoms with Gasteiger partial charge < -0.3 is 20.1 Å². The second kappa shape index (κ2) is 7.47. The van der Waals surface area contributed by atoms with E-state index in [0.29, 0.717) is 5.95 Å². The van der Waals surface area contributed by atoms with E-state index in [1.54, 1.807) is 19.5 Å². The van der Waals surface area contributed by atoms with Crippen molar-refractivity contribution in [1.29, 1.82) is 0 Å². The molecule has 0 bridgehead atoms. The van der Waals surface area contributed by atoms with Crippen molar-refractivity contribution in [2.75, 3.05) is 19.0 Å². The molecule has 6 nitrogen and oxygen atoms in total. The summed E-state index contributed by atoms with van der Waals surface area (Å²) in [6.07, 6.45) is 3.55. The van der Waals surface area contributed by atoms with Crippen molar-refractivity contribution in [3.63, 3.8) is 0 Å². The normalized spacial score (nSPS) is 12.1. The first-order valence-corrected chi connectivity index (χ1v) is 8.68. The fourth-order valence-electron chi connectivity index (χ4n) is 3.06. The molecule has 0 spiro atoms. The lowest BCUT2D eigenvalue weighted by Crippen LogP contribution is -2.15. The summed E-state index contributed by atoms with van der Waals surface area (Å²) in [5.74, 6) is 1.36. The molecule has 4 aromatic rings. The molecule has 1 atom stereocenters. The van der Waals surface area contributed by atoms with E-state index >= 15 is 0 Å². The summed E-state index contributed by atoms with van der Waals surface area (Å²) in [5.41, 5.74) is 4.90. The minimum absolute atomic E-state index is 0.0630. The summed E-state index contributed by atoms with van der Waals surface area (Å²) in [4.78, 5) is 11.9. The zero-order valence-electron chi connectivity index (χ0n) is 14.9. The number of nitrogens with one attached hydrogen (secondary N) is 2. The summed E-state index contributed by atoms with van der Waals surface area (Å²) >= 11 is 0. The lowest BCUT2D eigenvalue weighted by atomic mass is 10.1. The Balaban J connectivity index is 1.61. The van der Waals surface area contributed by atoms with Crippen molar-refractivity contribution in [3.8, 4) is 16.9 Å². The van der Waals surface area contributed by atoms with Gasteiger partial charge in [-0.2, -0.15) is 0 Å². The number of nitrogens with zero attached hydrogens (tertiary/aromatic N) is 2. The molecular weight excluding hydrogens is 340 g/mol. The standard InChI is InChI=1S/C21H20N4O2/c1-27-17-4-2-3-16(11-17)20(13-26)25-21-23-18-6-5-15(12-19(18)24-21)14-7-9-22-10-8-14/h2-12,20,26H,13H2,1H3,(H2,23,24,25). The maximum Gasteiger partial charge on any atom is 0.201 e. The highest BCUT2D eigenvalue weighted by Gasteiger charge is 2.13. The van der Waals surface area contributed by atoms with Crippen LogP contribution < -0.4 is 10.1 Å². The number of anilines is 1. The second-order valence-corrected chi connectivity index (χ2v) is 6.21. The Hall–Kier alpha value is -3.38. The molecule has 0 aliphatic heterocycles. The Bertz CT molecular complexity index is 1050. The van der Waals surface area contributed by atoms with Gasteiger partial charge in [0.2, 0.25) is 5.95 Å². The van der Waals surface area contributed by atoms with Crippen molar-refractivity contribution in [2.45, 2.75) is 6.04 Å². The smallest absolute Gasteiger partial charge is 0.201 e. The monoisotopic (exact) mass is 360 g/mol. The third kappa shape index (κ3) is 3.61. The van der Waals surface area contributed by atoms with E-state index in [1.807, 2.05) is 48.5 Å². The summed E-state index contributed by atoms with van der Waals surface area (Å²) in [7, 11) is 1.63. The van der Waals surface area contributed by atoms with E-state index in [-0.39, 0.29) is 12.6 Å². The van der Waals surface area contributed by atoms with Crippen LogP contribution in [0.5, 0.6) is 5.75 Å². The molecule has 1 unspecified atom stereocenters. The number of imidazole rings is 1. The molecule has 0 saturated heterocycles. The van der Waals surface area contributed by atoms with Gasteiger partial charge in [0.15, 0.2) is 0 Å². The molecule has 27 heavy (non-hydrogen) atoms. The van der Waals surface area contributed by atoms with Gasteiger partial charge in [0.05, 0.1) is 30.8 Å². The Kier molecular flexibility index (Phi) is 4.72. The molecule has 2 heterocycles. The predicted molar refractivity (Wildman–Crippen MR) is 106 cm³/mol.